The Morgan fingerprint density at radius 3 is 2.53 bits per heavy atom. The molecule has 0 aliphatic heterocycles. The molecule has 15 heavy (non-hydrogen) atoms. The maximum absolute atomic E-state index is 11.3. The molecule has 0 aromatic heterocycles. The van der Waals surface area contributed by atoms with Crippen molar-refractivity contribution in [2.24, 2.45) is 5.73 Å². The van der Waals surface area contributed by atoms with Gasteiger partial charge in [-0.05, 0) is 33.6 Å². The van der Waals surface area contributed by atoms with Crippen LogP contribution in [0.2, 0.25) is 0 Å². The highest BCUT2D eigenvalue weighted by Crippen LogP contribution is 2.31. The van der Waals surface area contributed by atoms with Crippen LogP contribution in [-0.4, -0.2) is 35.0 Å². The Hall–Kier alpha value is -0.810. The topological polar surface area (TPSA) is 84.6 Å². The fourth-order valence-corrected chi connectivity index (χ4v) is 1.60. The van der Waals surface area contributed by atoms with E-state index in [1.807, 2.05) is 20.8 Å². The molecule has 0 saturated heterocycles. The van der Waals surface area contributed by atoms with Gasteiger partial charge < -0.3 is 20.9 Å². The van der Waals surface area contributed by atoms with E-state index in [0.717, 1.165) is 0 Å². The quantitative estimate of drug-likeness (QED) is 0.622. The van der Waals surface area contributed by atoms with Gasteiger partial charge in [0.15, 0.2) is 0 Å². The second-order valence-corrected chi connectivity index (χ2v) is 5.18. The van der Waals surface area contributed by atoms with Crippen molar-refractivity contribution in [1.29, 1.82) is 0 Å². The van der Waals surface area contributed by atoms with E-state index in [9.17, 15) is 9.90 Å². The number of alkyl carbamates (subject to hydrolysis) is 1. The van der Waals surface area contributed by atoms with Crippen LogP contribution in [-0.2, 0) is 4.74 Å². The van der Waals surface area contributed by atoms with Gasteiger partial charge in [0.25, 0.3) is 0 Å². The molecule has 0 radical (unpaired) electrons. The Kier molecular flexibility index (Phi) is 3.25. The van der Waals surface area contributed by atoms with Gasteiger partial charge in [0, 0.05) is 12.6 Å². The van der Waals surface area contributed by atoms with Crippen LogP contribution in [0.3, 0.4) is 0 Å². The summed E-state index contributed by atoms with van der Waals surface area (Å²) in [6.07, 6.45) is 0.567. The van der Waals surface area contributed by atoms with Crippen LogP contribution in [0.15, 0.2) is 0 Å². The number of carbonyl (C=O) groups excluding carboxylic acids is 1. The minimum Gasteiger partial charge on any atom is -0.444 e. The maximum Gasteiger partial charge on any atom is 0.407 e. The van der Waals surface area contributed by atoms with Crippen LogP contribution in [0.1, 0.15) is 33.6 Å². The molecule has 5 nitrogen and oxygen atoms in total. The zero-order valence-electron chi connectivity index (χ0n) is 9.54. The molecule has 1 aliphatic carbocycles. The number of hydrogen-bond donors (Lipinski definition) is 3. The van der Waals surface area contributed by atoms with Gasteiger partial charge in [-0.25, -0.2) is 4.79 Å². The number of nitrogens with two attached hydrogens (primary N) is 1. The molecule has 1 saturated carbocycles. The van der Waals surface area contributed by atoms with E-state index in [0.29, 0.717) is 12.8 Å². The summed E-state index contributed by atoms with van der Waals surface area (Å²) in [5.74, 6) is 0. The lowest BCUT2D eigenvalue weighted by Crippen LogP contribution is -2.58. The minimum absolute atomic E-state index is 0.0200. The number of carbonyl (C=O) groups is 1. The third-order valence-corrected chi connectivity index (χ3v) is 2.35. The molecule has 4 N–H and O–H groups in total. The molecule has 0 heterocycles. The number of aliphatic hydroxyl groups is 1. The number of amides is 1. The summed E-state index contributed by atoms with van der Waals surface area (Å²) >= 11 is 0. The number of ether oxygens (including phenoxy) is 1. The van der Waals surface area contributed by atoms with Gasteiger partial charge >= 0.3 is 6.09 Å². The Labute approximate surface area is 90.0 Å². The summed E-state index contributed by atoms with van der Waals surface area (Å²) in [6.45, 7) is 5.66. The first-order valence-corrected chi connectivity index (χ1v) is 5.16. The predicted octanol–water partition coefficient (Wildman–Crippen LogP) is 0.363. The highest BCUT2D eigenvalue weighted by atomic mass is 16.6. The summed E-state index contributed by atoms with van der Waals surface area (Å²) in [6, 6.07) is -0.0200. The molecule has 5 heteroatoms. The molecule has 0 aromatic carbocycles. The smallest absolute Gasteiger partial charge is 0.407 e. The highest BCUT2D eigenvalue weighted by molar-refractivity contribution is 5.68. The van der Waals surface area contributed by atoms with Gasteiger partial charge in [0.05, 0.1) is 5.60 Å². The lowest BCUT2D eigenvalue weighted by atomic mass is 9.76. The zero-order valence-corrected chi connectivity index (χ0v) is 9.54. The molecular weight excluding hydrogens is 196 g/mol. The molecule has 1 amide bonds. The normalized spacial score (nSPS) is 30.6. The van der Waals surface area contributed by atoms with Crippen LogP contribution < -0.4 is 11.1 Å². The second kappa shape index (κ2) is 3.98. The van der Waals surface area contributed by atoms with Crippen molar-refractivity contribution in [2.75, 3.05) is 6.54 Å². The molecule has 1 fully saturated rings. The van der Waals surface area contributed by atoms with Crippen molar-refractivity contribution < 1.29 is 14.6 Å². The fraction of sp³-hybridized carbons (Fsp3) is 0.900. The van der Waals surface area contributed by atoms with Gasteiger partial charge in [-0.15, -0.1) is 0 Å². The van der Waals surface area contributed by atoms with Gasteiger partial charge in [0.1, 0.15) is 5.60 Å². The third kappa shape index (κ3) is 3.68. The molecule has 0 aromatic rings. The molecule has 0 spiro atoms. The van der Waals surface area contributed by atoms with E-state index in [2.05, 4.69) is 5.32 Å². The molecule has 88 valence electrons. The van der Waals surface area contributed by atoms with E-state index in [1.54, 1.807) is 0 Å². The van der Waals surface area contributed by atoms with Gasteiger partial charge in [-0.3, -0.25) is 0 Å². The number of rotatable bonds is 2. The summed E-state index contributed by atoms with van der Waals surface area (Å²) < 4.78 is 5.08. The van der Waals surface area contributed by atoms with Gasteiger partial charge in [0.2, 0.25) is 0 Å². The van der Waals surface area contributed by atoms with Crippen molar-refractivity contribution in [3.8, 4) is 0 Å². The average Bonchev–Trinajstić information content (AvgIpc) is 1.97. The second-order valence-electron chi connectivity index (χ2n) is 5.18. The van der Waals surface area contributed by atoms with E-state index in [4.69, 9.17) is 10.5 Å². The van der Waals surface area contributed by atoms with Gasteiger partial charge in [-0.2, -0.15) is 0 Å². The van der Waals surface area contributed by atoms with E-state index >= 15 is 0 Å². The van der Waals surface area contributed by atoms with E-state index in [1.165, 1.54) is 0 Å². The van der Waals surface area contributed by atoms with Crippen LogP contribution in [0.25, 0.3) is 0 Å². The van der Waals surface area contributed by atoms with Crippen LogP contribution in [0.4, 0.5) is 4.79 Å². The fourth-order valence-electron chi connectivity index (χ4n) is 1.60. The van der Waals surface area contributed by atoms with Crippen LogP contribution in [0, 0.1) is 0 Å². The molecule has 0 unspecified atom stereocenters. The molecule has 1 rings (SSSR count). The van der Waals surface area contributed by atoms with E-state index < -0.39 is 17.3 Å². The summed E-state index contributed by atoms with van der Waals surface area (Å²) in [5, 5.41) is 12.3. The predicted molar refractivity (Wildman–Crippen MR) is 56.4 cm³/mol. The van der Waals surface area contributed by atoms with Crippen LogP contribution in [0.5, 0.6) is 0 Å². The Morgan fingerprint density at radius 2 is 2.13 bits per heavy atom. The first-order chi connectivity index (χ1) is 6.74. The molecular formula is C10H20N2O3. The molecule has 1 aliphatic rings. The third-order valence-electron chi connectivity index (χ3n) is 2.35. The van der Waals surface area contributed by atoms with Crippen molar-refractivity contribution in [3.05, 3.63) is 0 Å². The van der Waals surface area contributed by atoms with Crippen molar-refractivity contribution in [3.63, 3.8) is 0 Å². The number of hydrogen-bond acceptors (Lipinski definition) is 4. The van der Waals surface area contributed by atoms with Crippen LogP contribution >= 0.6 is 0 Å². The molecule has 0 atom stereocenters. The standard InChI is InChI=1S/C10H20N2O3/c1-9(2,3)15-8(13)12-7-4-10(14,5-7)6-11/h7,14H,4-6,11H2,1-3H3,(H,12,13)/t7-,10+. The van der Waals surface area contributed by atoms with Crippen molar-refractivity contribution in [2.45, 2.75) is 50.9 Å². The summed E-state index contributed by atoms with van der Waals surface area (Å²) in [4.78, 5) is 11.3. The van der Waals surface area contributed by atoms with Crippen molar-refractivity contribution in [1.82, 2.24) is 5.32 Å². The average molecular weight is 216 g/mol. The Bertz CT molecular complexity index is 242. The number of nitrogens with one attached hydrogen (secondary N) is 1. The minimum atomic E-state index is -0.792. The largest absolute Gasteiger partial charge is 0.444 e. The first kappa shape index (κ1) is 12.3. The van der Waals surface area contributed by atoms with E-state index in [-0.39, 0.29) is 12.6 Å². The lowest BCUT2D eigenvalue weighted by molar-refractivity contribution is -0.0488. The maximum atomic E-state index is 11.3. The first-order valence-electron chi connectivity index (χ1n) is 5.16. The van der Waals surface area contributed by atoms with Gasteiger partial charge in [-0.1, -0.05) is 0 Å². The Morgan fingerprint density at radius 1 is 1.60 bits per heavy atom. The summed E-state index contributed by atoms with van der Waals surface area (Å²) in [5.41, 5.74) is 4.09. The van der Waals surface area contributed by atoms with Crippen molar-refractivity contribution >= 4 is 6.09 Å². The summed E-state index contributed by atoms with van der Waals surface area (Å²) in [7, 11) is 0. The highest BCUT2D eigenvalue weighted by Gasteiger charge is 2.42. The lowest BCUT2D eigenvalue weighted by Gasteiger charge is -2.43. The molecule has 0 bridgehead atoms. The monoisotopic (exact) mass is 216 g/mol. The SMILES string of the molecule is CC(C)(C)OC(=O)N[C@H]1C[C@](O)(CN)C1. The zero-order chi connectivity index (χ0) is 11.7. The Balaban J connectivity index is 2.25.